The van der Waals surface area contributed by atoms with Crippen molar-refractivity contribution in [1.29, 1.82) is 0 Å². The molecule has 1 amide bonds. The average molecular weight is 316 g/mol. The van der Waals surface area contributed by atoms with Crippen LogP contribution in [-0.4, -0.2) is 54.2 Å². The number of ether oxygens (including phenoxy) is 1. The molecule has 4 rings (SSSR count). The summed E-state index contributed by atoms with van der Waals surface area (Å²) in [6.45, 7) is 1.96. The Morgan fingerprint density at radius 1 is 1.13 bits per heavy atom. The summed E-state index contributed by atoms with van der Waals surface area (Å²) in [5.74, 6) is 0.378. The second kappa shape index (κ2) is 5.23. The summed E-state index contributed by atoms with van der Waals surface area (Å²) >= 11 is 0. The van der Waals surface area contributed by atoms with Crippen molar-refractivity contribution in [2.24, 2.45) is 11.8 Å². The zero-order valence-electron chi connectivity index (χ0n) is 13.0. The maximum absolute atomic E-state index is 13.0. The number of rotatable bonds is 3. The van der Waals surface area contributed by atoms with Crippen molar-refractivity contribution in [2.75, 3.05) is 20.2 Å². The SMILES string of the molecule is COc1cc(C(=O)O)cc(C(=O)N2C3CCC2C2CNCC23)c1. The first-order chi connectivity index (χ1) is 11.1. The molecule has 0 aliphatic carbocycles. The van der Waals surface area contributed by atoms with Gasteiger partial charge in [0.2, 0.25) is 0 Å². The Hall–Kier alpha value is -2.08. The summed E-state index contributed by atoms with van der Waals surface area (Å²) in [6, 6.07) is 5.11. The van der Waals surface area contributed by atoms with Gasteiger partial charge in [0.25, 0.3) is 5.91 Å². The smallest absolute Gasteiger partial charge is 0.335 e. The van der Waals surface area contributed by atoms with E-state index in [9.17, 15) is 14.7 Å². The van der Waals surface area contributed by atoms with E-state index in [0.29, 0.717) is 23.1 Å². The number of amides is 1. The Bertz CT molecular complexity index is 657. The number of nitrogens with zero attached hydrogens (tertiary/aromatic N) is 1. The summed E-state index contributed by atoms with van der Waals surface area (Å²) in [7, 11) is 1.48. The van der Waals surface area contributed by atoms with Gasteiger partial charge in [0.1, 0.15) is 5.75 Å². The Balaban J connectivity index is 1.67. The largest absolute Gasteiger partial charge is 0.497 e. The van der Waals surface area contributed by atoms with Crippen LogP contribution in [0.4, 0.5) is 0 Å². The van der Waals surface area contributed by atoms with Crippen molar-refractivity contribution < 1.29 is 19.4 Å². The molecule has 3 fully saturated rings. The van der Waals surface area contributed by atoms with Gasteiger partial charge in [0.15, 0.2) is 0 Å². The second-order valence-electron chi connectivity index (χ2n) is 6.67. The number of nitrogens with one attached hydrogen (secondary N) is 1. The Morgan fingerprint density at radius 3 is 2.30 bits per heavy atom. The molecule has 3 aliphatic rings. The van der Waals surface area contributed by atoms with Crippen molar-refractivity contribution in [3.63, 3.8) is 0 Å². The molecule has 122 valence electrons. The van der Waals surface area contributed by atoms with Gasteiger partial charge < -0.3 is 20.1 Å². The van der Waals surface area contributed by atoms with Crippen LogP contribution in [0, 0.1) is 11.8 Å². The van der Waals surface area contributed by atoms with Crippen LogP contribution in [0.3, 0.4) is 0 Å². The molecule has 0 aromatic heterocycles. The first kappa shape index (κ1) is 14.5. The second-order valence-corrected chi connectivity index (χ2v) is 6.67. The van der Waals surface area contributed by atoms with Crippen molar-refractivity contribution in [1.82, 2.24) is 10.2 Å². The predicted molar refractivity (Wildman–Crippen MR) is 82.8 cm³/mol. The molecular weight excluding hydrogens is 296 g/mol. The third-order valence-electron chi connectivity index (χ3n) is 5.64. The lowest BCUT2D eigenvalue weighted by Gasteiger charge is -2.25. The molecule has 2 N–H and O–H groups in total. The van der Waals surface area contributed by atoms with E-state index in [1.807, 2.05) is 4.90 Å². The minimum Gasteiger partial charge on any atom is -0.497 e. The van der Waals surface area contributed by atoms with Crippen molar-refractivity contribution in [3.8, 4) is 5.75 Å². The highest BCUT2D eigenvalue weighted by atomic mass is 16.5. The topological polar surface area (TPSA) is 78.9 Å². The number of carboxylic acid groups (broad SMARTS) is 1. The number of carbonyl (C=O) groups is 2. The van der Waals surface area contributed by atoms with Gasteiger partial charge in [0, 0.05) is 30.7 Å². The Kier molecular flexibility index (Phi) is 3.30. The van der Waals surface area contributed by atoms with E-state index in [4.69, 9.17) is 4.74 Å². The summed E-state index contributed by atoms with van der Waals surface area (Å²) in [6.07, 6.45) is 2.10. The van der Waals surface area contributed by atoms with E-state index < -0.39 is 5.97 Å². The third-order valence-corrected chi connectivity index (χ3v) is 5.64. The number of benzene rings is 1. The number of carbonyl (C=O) groups excluding carboxylic acids is 1. The maximum atomic E-state index is 13.0. The molecule has 6 nitrogen and oxygen atoms in total. The molecule has 4 atom stereocenters. The normalized spacial score (nSPS) is 31.3. The number of hydrogen-bond donors (Lipinski definition) is 2. The minimum absolute atomic E-state index is 0.0618. The lowest BCUT2D eigenvalue weighted by Crippen LogP contribution is -2.39. The molecule has 1 aromatic carbocycles. The van der Waals surface area contributed by atoms with Gasteiger partial charge in [-0.1, -0.05) is 0 Å². The van der Waals surface area contributed by atoms with E-state index in [-0.39, 0.29) is 23.6 Å². The molecule has 3 aliphatic heterocycles. The first-order valence-corrected chi connectivity index (χ1v) is 8.06. The Morgan fingerprint density at radius 2 is 1.74 bits per heavy atom. The average Bonchev–Trinajstić information content (AvgIpc) is 3.25. The van der Waals surface area contributed by atoms with Crippen LogP contribution in [0.15, 0.2) is 18.2 Å². The van der Waals surface area contributed by atoms with Gasteiger partial charge >= 0.3 is 5.97 Å². The molecule has 3 heterocycles. The molecule has 2 bridgehead atoms. The van der Waals surface area contributed by atoms with Gasteiger partial charge in [-0.15, -0.1) is 0 Å². The Labute approximate surface area is 134 Å². The van der Waals surface area contributed by atoms with E-state index in [1.54, 1.807) is 6.07 Å². The zero-order valence-corrected chi connectivity index (χ0v) is 13.0. The van der Waals surface area contributed by atoms with Gasteiger partial charge in [-0.25, -0.2) is 4.79 Å². The van der Waals surface area contributed by atoms with Crippen LogP contribution in [0.2, 0.25) is 0 Å². The lowest BCUT2D eigenvalue weighted by atomic mass is 9.82. The van der Waals surface area contributed by atoms with Crippen molar-refractivity contribution >= 4 is 11.9 Å². The third kappa shape index (κ3) is 2.12. The highest BCUT2D eigenvalue weighted by Gasteiger charge is 2.56. The number of methoxy groups -OCH3 is 1. The van der Waals surface area contributed by atoms with Crippen molar-refractivity contribution in [3.05, 3.63) is 29.3 Å². The molecule has 0 saturated carbocycles. The van der Waals surface area contributed by atoms with Gasteiger partial charge in [-0.3, -0.25) is 4.79 Å². The number of carboxylic acids is 1. The summed E-state index contributed by atoms with van der Waals surface area (Å²) in [5.41, 5.74) is 0.493. The molecular formula is C17H20N2O4. The zero-order chi connectivity index (χ0) is 16.1. The van der Waals surface area contributed by atoms with Crippen LogP contribution >= 0.6 is 0 Å². The minimum atomic E-state index is -1.05. The highest BCUT2D eigenvalue weighted by molar-refractivity contribution is 5.98. The maximum Gasteiger partial charge on any atom is 0.335 e. The quantitative estimate of drug-likeness (QED) is 0.876. The van der Waals surface area contributed by atoms with Gasteiger partial charge in [-0.05, 0) is 42.9 Å². The molecule has 23 heavy (non-hydrogen) atoms. The van der Waals surface area contributed by atoms with E-state index in [0.717, 1.165) is 25.9 Å². The highest BCUT2D eigenvalue weighted by Crippen LogP contribution is 2.47. The lowest BCUT2D eigenvalue weighted by molar-refractivity contribution is 0.0696. The first-order valence-electron chi connectivity index (χ1n) is 8.06. The molecule has 1 aromatic rings. The summed E-state index contributed by atoms with van der Waals surface area (Å²) in [4.78, 5) is 26.3. The molecule has 0 radical (unpaired) electrons. The fourth-order valence-electron chi connectivity index (χ4n) is 4.68. The number of hydrogen-bond acceptors (Lipinski definition) is 4. The van der Waals surface area contributed by atoms with Gasteiger partial charge in [0.05, 0.1) is 12.7 Å². The van der Waals surface area contributed by atoms with Crippen LogP contribution in [-0.2, 0) is 0 Å². The summed E-state index contributed by atoms with van der Waals surface area (Å²) < 4.78 is 5.16. The van der Waals surface area contributed by atoms with Crippen LogP contribution < -0.4 is 10.1 Å². The van der Waals surface area contributed by atoms with Crippen LogP contribution in [0.1, 0.15) is 33.6 Å². The van der Waals surface area contributed by atoms with E-state index in [1.165, 1.54) is 19.2 Å². The molecule has 3 saturated heterocycles. The standard InChI is InChI=1S/C17H20N2O4/c1-23-11-5-9(4-10(6-11)17(21)22)16(20)19-14-2-3-15(19)13-8-18-7-12(13)14/h4-6,12-15,18H,2-3,7-8H2,1H3,(H,21,22). The van der Waals surface area contributed by atoms with Gasteiger partial charge in [-0.2, -0.15) is 0 Å². The van der Waals surface area contributed by atoms with Crippen LogP contribution in [0.5, 0.6) is 5.75 Å². The molecule has 6 heteroatoms. The fraction of sp³-hybridized carbons (Fsp3) is 0.529. The predicted octanol–water partition coefficient (Wildman–Crippen LogP) is 1.22. The van der Waals surface area contributed by atoms with E-state index in [2.05, 4.69) is 5.32 Å². The van der Waals surface area contributed by atoms with Crippen molar-refractivity contribution in [2.45, 2.75) is 24.9 Å². The molecule has 4 unspecified atom stereocenters. The molecule has 0 spiro atoms. The summed E-state index contributed by atoms with van der Waals surface area (Å²) in [5, 5.41) is 12.7. The number of aromatic carboxylic acids is 1. The van der Waals surface area contributed by atoms with Crippen LogP contribution in [0.25, 0.3) is 0 Å². The fourth-order valence-corrected chi connectivity index (χ4v) is 4.68. The monoisotopic (exact) mass is 316 g/mol. The van der Waals surface area contributed by atoms with E-state index >= 15 is 0 Å². The number of fused-ring (bicyclic) bond motifs is 5.